The van der Waals surface area contributed by atoms with Crippen LogP contribution in [-0.4, -0.2) is 19.6 Å². The molecule has 1 unspecified atom stereocenters. The Balaban J connectivity index is 2.61. The van der Waals surface area contributed by atoms with E-state index in [9.17, 15) is 13.5 Å². The van der Waals surface area contributed by atoms with Crippen molar-refractivity contribution < 1.29 is 13.5 Å². The predicted molar refractivity (Wildman–Crippen MR) is 62.6 cm³/mol. The van der Waals surface area contributed by atoms with Crippen molar-refractivity contribution in [2.75, 3.05) is 0 Å². The van der Waals surface area contributed by atoms with Gasteiger partial charge in [-0.1, -0.05) is 18.2 Å². The lowest BCUT2D eigenvalue weighted by atomic mass is 10.0. The highest BCUT2D eigenvalue weighted by Gasteiger charge is 2.28. The molecular formula is C12H14O3S. The molecule has 0 saturated heterocycles. The average molecular weight is 238 g/mol. The first-order valence-electron chi connectivity index (χ1n) is 5.15. The molecule has 0 bridgehead atoms. The lowest BCUT2D eigenvalue weighted by Gasteiger charge is -2.07. The first kappa shape index (κ1) is 11.4. The van der Waals surface area contributed by atoms with Gasteiger partial charge < -0.3 is 5.11 Å². The van der Waals surface area contributed by atoms with E-state index >= 15 is 0 Å². The molecule has 0 fully saturated rings. The smallest absolute Gasteiger partial charge is 0.200 e. The second-order valence-corrected chi connectivity index (χ2v) is 5.93. The van der Waals surface area contributed by atoms with Crippen molar-refractivity contribution in [3.8, 4) is 0 Å². The fraction of sp³-hybridized carbons (Fsp3) is 0.333. The zero-order valence-corrected chi connectivity index (χ0v) is 10.1. The van der Waals surface area contributed by atoms with E-state index < -0.39 is 15.9 Å². The number of aryl methyl sites for hydroxylation is 1. The summed E-state index contributed by atoms with van der Waals surface area (Å²) >= 11 is 0. The van der Waals surface area contributed by atoms with E-state index in [1.165, 1.54) is 5.41 Å². The first-order valence-corrected chi connectivity index (χ1v) is 6.70. The molecule has 1 heterocycles. The van der Waals surface area contributed by atoms with Crippen molar-refractivity contribution in [2.45, 2.75) is 31.3 Å². The topological polar surface area (TPSA) is 54.4 Å². The third kappa shape index (κ3) is 1.79. The van der Waals surface area contributed by atoms with Crippen LogP contribution in [0.25, 0.3) is 5.57 Å². The molecule has 1 aromatic carbocycles. The van der Waals surface area contributed by atoms with Gasteiger partial charge in [-0.15, -0.1) is 0 Å². The molecule has 2 rings (SSSR count). The molecule has 0 amide bonds. The summed E-state index contributed by atoms with van der Waals surface area (Å²) in [7, 11) is -3.30. The van der Waals surface area contributed by atoms with Crippen LogP contribution in [0.2, 0.25) is 0 Å². The SMILES string of the molecule is Cc1cccc2c1S(=O)(=O)C=C2CC(C)O. The van der Waals surface area contributed by atoms with Crippen LogP contribution in [0, 0.1) is 6.92 Å². The number of aliphatic hydroxyl groups is 1. The van der Waals surface area contributed by atoms with Crippen LogP contribution in [0.1, 0.15) is 24.5 Å². The van der Waals surface area contributed by atoms with Gasteiger partial charge in [0.05, 0.1) is 11.0 Å². The molecule has 0 aliphatic carbocycles. The van der Waals surface area contributed by atoms with E-state index in [1.54, 1.807) is 26.0 Å². The number of benzene rings is 1. The van der Waals surface area contributed by atoms with E-state index in [4.69, 9.17) is 0 Å². The molecule has 16 heavy (non-hydrogen) atoms. The van der Waals surface area contributed by atoms with Gasteiger partial charge in [0.15, 0.2) is 0 Å². The number of hydrogen-bond donors (Lipinski definition) is 1. The van der Waals surface area contributed by atoms with Crippen LogP contribution in [0.3, 0.4) is 0 Å². The monoisotopic (exact) mass is 238 g/mol. The fourth-order valence-corrected chi connectivity index (χ4v) is 3.81. The summed E-state index contributed by atoms with van der Waals surface area (Å²) in [6, 6.07) is 5.42. The van der Waals surface area contributed by atoms with E-state index in [1.807, 2.05) is 6.07 Å². The second kappa shape index (κ2) is 3.71. The maximum absolute atomic E-state index is 11.9. The summed E-state index contributed by atoms with van der Waals surface area (Å²) in [4.78, 5) is 0.394. The minimum absolute atomic E-state index is 0.371. The molecule has 86 valence electrons. The molecule has 0 radical (unpaired) electrons. The van der Waals surface area contributed by atoms with E-state index in [-0.39, 0.29) is 0 Å². The van der Waals surface area contributed by atoms with E-state index in [0.29, 0.717) is 16.9 Å². The second-order valence-electron chi connectivity index (χ2n) is 4.19. The van der Waals surface area contributed by atoms with Gasteiger partial charge in [0, 0.05) is 5.41 Å². The van der Waals surface area contributed by atoms with Crippen molar-refractivity contribution in [1.29, 1.82) is 0 Å². The molecule has 3 nitrogen and oxygen atoms in total. The Hall–Kier alpha value is -1.13. The van der Waals surface area contributed by atoms with Crippen LogP contribution in [-0.2, 0) is 9.84 Å². The van der Waals surface area contributed by atoms with Gasteiger partial charge in [0.1, 0.15) is 0 Å². The molecule has 1 atom stereocenters. The number of aliphatic hydroxyl groups excluding tert-OH is 1. The van der Waals surface area contributed by atoms with E-state index in [2.05, 4.69) is 0 Å². The number of rotatable bonds is 2. The minimum Gasteiger partial charge on any atom is -0.393 e. The summed E-state index contributed by atoms with van der Waals surface area (Å²) in [6.07, 6.45) is -0.164. The van der Waals surface area contributed by atoms with Crippen LogP contribution >= 0.6 is 0 Å². The first-order chi connectivity index (χ1) is 7.42. The molecular weight excluding hydrogens is 224 g/mol. The van der Waals surface area contributed by atoms with Crippen molar-refractivity contribution in [1.82, 2.24) is 0 Å². The van der Waals surface area contributed by atoms with Crippen LogP contribution < -0.4 is 0 Å². The van der Waals surface area contributed by atoms with Crippen molar-refractivity contribution in [2.24, 2.45) is 0 Å². The Morgan fingerprint density at radius 1 is 1.38 bits per heavy atom. The quantitative estimate of drug-likeness (QED) is 0.856. The summed E-state index contributed by atoms with van der Waals surface area (Å²) in [5.74, 6) is 0. The highest BCUT2D eigenvalue weighted by atomic mass is 32.2. The number of hydrogen-bond acceptors (Lipinski definition) is 3. The van der Waals surface area contributed by atoms with Gasteiger partial charge in [-0.25, -0.2) is 8.42 Å². The van der Waals surface area contributed by atoms with Crippen LogP contribution in [0.5, 0.6) is 0 Å². The number of sulfone groups is 1. The summed E-state index contributed by atoms with van der Waals surface area (Å²) in [5.41, 5.74) is 2.20. The van der Waals surface area contributed by atoms with Crippen molar-refractivity contribution >= 4 is 15.4 Å². The summed E-state index contributed by atoms with van der Waals surface area (Å²) < 4.78 is 23.8. The average Bonchev–Trinajstić information content (AvgIpc) is 2.38. The molecule has 1 aliphatic rings. The zero-order chi connectivity index (χ0) is 11.9. The maximum Gasteiger partial charge on any atom is 0.200 e. The Kier molecular flexibility index (Phi) is 2.64. The number of fused-ring (bicyclic) bond motifs is 1. The highest BCUT2D eigenvalue weighted by Crippen LogP contribution is 2.37. The van der Waals surface area contributed by atoms with E-state index in [0.717, 1.165) is 11.1 Å². The fourth-order valence-electron chi connectivity index (χ4n) is 2.07. The van der Waals surface area contributed by atoms with Crippen molar-refractivity contribution in [3.63, 3.8) is 0 Å². The van der Waals surface area contributed by atoms with Gasteiger partial charge in [0.25, 0.3) is 0 Å². The Labute approximate surface area is 95.3 Å². The van der Waals surface area contributed by atoms with Gasteiger partial charge in [-0.05, 0) is 37.0 Å². The minimum atomic E-state index is -3.30. The van der Waals surface area contributed by atoms with Gasteiger partial charge in [-0.2, -0.15) is 0 Å². The third-order valence-corrected chi connectivity index (χ3v) is 4.36. The van der Waals surface area contributed by atoms with Gasteiger partial charge >= 0.3 is 0 Å². The molecule has 0 spiro atoms. The molecule has 0 aromatic heterocycles. The maximum atomic E-state index is 11.9. The Morgan fingerprint density at radius 2 is 2.06 bits per heavy atom. The molecule has 4 heteroatoms. The standard InChI is InChI=1S/C12H14O3S/c1-8-4-3-5-11-10(6-9(2)13)7-16(14,15)12(8)11/h3-5,7,9,13H,6H2,1-2H3. The molecule has 1 N–H and O–H groups in total. The third-order valence-electron chi connectivity index (χ3n) is 2.66. The lowest BCUT2D eigenvalue weighted by Crippen LogP contribution is -2.00. The largest absolute Gasteiger partial charge is 0.393 e. The summed E-state index contributed by atoms with van der Waals surface area (Å²) in [5, 5.41) is 10.6. The normalized spacial score (nSPS) is 19.1. The molecule has 1 aromatic rings. The zero-order valence-electron chi connectivity index (χ0n) is 9.27. The molecule has 1 aliphatic heterocycles. The Bertz CT molecular complexity index is 554. The van der Waals surface area contributed by atoms with Crippen molar-refractivity contribution in [3.05, 3.63) is 34.7 Å². The highest BCUT2D eigenvalue weighted by molar-refractivity contribution is 7.95. The van der Waals surface area contributed by atoms with Gasteiger partial charge in [-0.3, -0.25) is 0 Å². The Morgan fingerprint density at radius 3 is 2.69 bits per heavy atom. The van der Waals surface area contributed by atoms with Crippen LogP contribution in [0.15, 0.2) is 28.5 Å². The lowest BCUT2D eigenvalue weighted by molar-refractivity contribution is 0.201. The summed E-state index contributed by atoms with van der Waals surface area (Å²) in [6.45, 7) is 3.44. The van der Waals surface area contributed by atoms with Crippen LogP contribution in [0.4, 0.5) is 0 Å². The van der Waals surface area contributed by atoms with Gasteiger partial charge in [0.2, 0.25) is 9.84 Å². The molecule has 0 saturated carbocycles. The predicted octanol–water partition coefficient (Wildman–Crippen LogP) is 1.89.